The molecule has 2 rings (SSSR count). The summed E-state index contributed by atoms with van der Waals surface area (Å²) in [4.78, 5) is 33.6. The van der Waals surface area contributed by atoms with Gasteiger partial charge in [-0.25, -0.2) is 9.10 Å². The maximum Gasteiger partial charge on any atom is 0.416 e. The molecule has 0 saturated carbocycles. The molecule has 11 heteroatoms. The molecule has 1 aliphatic heterocycles. The molecule has 7 nitrogen and oxygen atoms in total. The van der Waals surface area contributed by atoms with Gasteiger partial charge in [0.1, 0.15) is 6.04 Å². The van der Waals surface area contributed by atoms with Gasteiger partial charge < -0.3 is 15.7 Å². The smallest absolute Gasteiger partial charge is 0.416 e. The number of aliphatic carboxylic acids is 1. The summed E-state index contributed by atoms with van der Waals surface area (Å²) in [5.74, 6) is -2.22. The Labute approximate surface area is 151 Å². The Morgan fingerprint density at radius 1 is 1.38 bits per heavy atom. The van der Waals surface area contributed by atoms with Crippen molar-refractivity contribution < 1.29 is 32.7 Å². The molecule has 142 valence electrons. The fraction of sp³-hybridized carbons (Fsp3) is 0.400. The monoisotopic (exact) mass is 391 g/mol. The number of rotatable bonds is 8. The summed E-state index contributed by atoms with van der Waals surface area (Å²) in [6, 6.07) is 3.63. The number of benzene rings is 1. The van der Waals surface area contributed by atoms with E-state index < -0.39 is 35.6 Å². The van der Waals surface area contributed by atoms with Crippen LogP contribution in [0.5, 0.6) is 0 Å². The SMILES string of the molecule is O=CNCC(NC(=O)C1CN(Sc2cccc(C(F)(F)F)c2)C1)C(=O)O. The van der Waals surface area contributed by atoms with E-state index in [0.29, 0.717) is 11.3 Å². The van der Waals surface area contributed by atoms with Gasteiger partial charge >= 0.3 is 12.1 Å². The van der Waals surface area contributed by atoms with Crippen molar-refractivity contribution in [2.75, 3.05) is 19.6 Å². The first kappa shape index (κ1) is 20.0. The van der Waals surface area contributed by atoms with Gasteiger partial charge in [-0.05, 0) is 30.1 Å². The van der Waals surface area contributed by atoms with E-state index in [9.17, 15) is 27.6 Å². The Morgan fingerprint density at radius 3 is 2.65 bits per heavy atom. The zero-order valence-electron chi connectivity index (χ0n) is 13.3. The highest BCUT2D eigenvalue weighted by Gasteiger charge is 2.36. The van der Waals surface area contributed by atoms with Gasteiger partial charge in [0, 0.05) is 24.5 Å². The number of carbonyl (C=O) groups is 3. The van der Waals surface area contributed by atoms with Crippen LogP contribution in [0.4, 0.5) is 13.2 Å². The Kier molecular flexibility index (Phi) is 6.48. The van der Waals surface area contributed by atoms with Crippen LogP contribution in [-0.4, -0.2) is 53.4 Å². The first-order chi connectivity index (χ1) is 12.2. The van der Waals surface area contributed by atoms with E-state index in [1.165, 1.54) is 6.07 Å². The quantitative estimate of drug-likeness (QED) is 0.451. The predicted molar refractivity (Wildman–Crippen MR) is 86.0 cm³/mol. The number of hydrogen-bond acceptors (Lipinski definition) is 5. The fourth-order valence-electron chi connectivity index (χ4n) is 2.21. The standard InChI is InChI=1S/C15H16F3N3O4S/c16-15(17,18)10-2-1-3-11(4-10)26-21-6-9(7-21)13(23)20-12(14(24)25)5-19-8-22/h1-4,8-9,12H,5-7H2,(H,19,22)(H,20,23)(H,24,25). The second kappa shape index (κ2) is 8.41. The van der Waals surface area contributed by atoms with Crippen LogP contribution in [0.25, 0.3) is 0 Å². The van der Waals surface area contributed by atoms with Gasteiger partial charge in [-0.1, -0.05) is 6.07 Å². The van der Waals surface area contributed by atoms with Gasteiger partial charge in [-0.2, -0.15) is 13.2 Å². The van der Waals surface area contributed by atoms with Gasteiger partial charge in [0.2, 0.25) is 12.3 Å². The number of alkyl halides is 3. The van der Waals surface area contributed by atoms with E-state index >= 15 is 0 Å². The fourth-order valence-corrected chi connectivity index (χ4v) is 3.34. The molecule has 2 amide bonds. The zero-order chi connectivity index (χ0) is 19.3. The number of carbonyl (C=O) groups excluding carboxylic acids is 2. The third kappa shape index (κ3) is 5.36. The molecule has 0 aliphatic carbocycles. The van der Waals surface area contributed by atoms with Gasteiger partial charge in [0.05, 0.1) is 11.5 Å². The van der Waals surface area contributed by atoms with Gasteiger partial charge in [0.25, 0.3) is 0 Å². The lowest BCUT2D eigenvalue weighted by Crippen LogP contribution is -2.55. The molecule has 26 heavy (non-hydrogen) atoms. The second-order valence-corrected chi connectivity index (χ2v) is 6.76. The minimum absolute atomic E-state index is 0.236. The van der Waals surface area contributed by atoms with Crippen LogP contribution >= 0.6 is 11.9 Å². The molecule has 1 fully saturated rings. The number of halogens is 3. The van der Waals surface area contributed by atoms with Crippen molar-refractivity contribution in [3.63, 3.8) is 0 Å². The van der Waals surface area contributed by atoms with Gasteiger partial charge in [0.15, 0.2) is 0 Å². The van der Waals surface area contributed by atoms with E-state index in [-0.39, 0.29) is 19.6 Å². The van der Waals surface area contributed by atoms with Crippen LogP contribution in [0.2, 0.25) is 0 Å². The molecule has 1 aromatic carbocycles. The third-order valence-corrected chi connectivity index (χ3v) is 4.66. The third-order valence-electron chi connectivity index (χ3n) is 3.63. The van der Waals surface area contributed by atoms with Crippen molar-refractivity contribution >= 4 is 30.2 Å². The Hall–Kier alpha value is -2.27. The minimum atomic E-state index is -4.42. The first-order valence-corrected chi connectivity index (χ1v) is 8.28. The van der Waals surface area contributed by atoms with E-state index in [1.54, 1.807) is 10.4 Å². The molecule has 0 bridgehead atoms. The molecular weight excluding hydrogens is 375 g/mol. The molecular formula is C15H16F3N3O4S. The normalized spacial score (nSPS) is 16.4. The second-order valence-electron chi connectivity index (χ2n) is 5.59. The average molecular weight is 391 g/mol. The summed E-state index contributed by atoms with van der Waals surface area (Å²) < 4.78 is 39.8. The Balaban J connectivity index is 1.84. The van der Waals surface area contributed by atoms with Crippen molar-refractivity contribution in [3.05, 3.63) is 29.8 Å². The lowest BCUT2D eigenvalue weighted by atomic mass is 10.0. The van der Waals surface area contributed by atoms with Crippen molar-refractivity contribution in [2.45, 2.75) is 17.1 Å². The first-order valence-electron chi connectivity index (χ1n) is 7.51. The molecule has 1 aromatic rings. The van der Waals surface area contributed by atoms with E-state index in [1.807, 2.05) is 0 Å². The molecule has 1 aliphatic rings. The number of carboxylic acids is 1. The predicted octanol–water partition coefficient (Wildman–Crippen LogP) is 0.960. The Bertz CT molecular complexity index is 680. The van der Waals surface area contributed by atoms with Gasteiger partial charge in [-0.3, -0.25) is 9.59 Å². The molecule has 0 radical (unpaired) electrons. The maximum atomic E-state index is 12.7. The highest BCUT2D eigenvalue weighted by Crippen LogP contribution is 2.35. The topological polar surface area (TPSA) is 98.7 Å². The number of nitrogens with zero attached hydrogens (tertiary/aromatic N) is 1. The van der Waals surface area contributed by atoms with Gasteiger partial charge in [-0.15, -0.1) is 0 Å². The molecule has 1 unspecified atom stereocenters. The van der Waals surface area contributed by atoms with Crippen molar-refractivity contribution in [3.8, 4) is 0 Å². The zero-order valence-corrected chi connectivity index (χ0v) is 14.1. The highest BCUT2D eigenvalue weighted by molar-refractivity contribution is 7.97. The van der Waals surface area contributed by atoms with E-state index in [2.05, 4.69) is 10.6 Å². The average Bonchev–Trinajstić information content (AvgIpc) is 2.53. The molecule has 1 heterocycles. The molecule has 0 spiro atoms. The summed E-state index contributed by atoms with van der Waals surface area (Å²) in [5.41, 5.74) is -0.746. The van der Waals surface area contributed by atoms with Crippen LogP contribution < -0.4 is 10.6 Å². The summed E-state index contributed by atoms with van der Waals surface area (Å²) in [6.07, 6.45) is -4.09. The van der Waals surface area contributed by atoms with Crippen LogP contribution in [0.1, 0.15) is 5.56 Å². The van der Waals surface area contributed by atoms with Crippen molar-refractivity contribution in [1.82, 2.24) is 14.9 Å². The largest absolute Gasteiger partial charge is 0.480 e. The molecule has 0 aromatic heterocycles. The lowest BCUT2D eigenvalue weighted by Gasteiger charge is -2.37. The molecule has 1 saturated heterocycles. The van der Waals surface area contributed by atoms with E-state index in [4.69, 9.17) is 5.11 Å². The van der Waals surface area contributed by atoms with Crippen molar-refractivity contribution in [1.29, 1.82) is 0 Å². The molecule has 3 N–H and O–H groups in total. The minimum Gasteiger partial charge on any atom is -0.480 e. The lowest BCUT2D eigenvalue weighted by molar-refractivity contribution is -0.143. The number of carboxylic acid groups (broad SMARTS) is 1. The van der Waals surface area contributed by atoms with E-state index in [0.717, 1.165) is 24.1 Å². The van der Waals surface area contributed by atoms with Crippen LogP contribution in [-0.2, 0) is 20.6 Å². The summed E-state index contributed by atoms with van der Waals surface area (Å²) in [6.45, 7) is 0.320. The number of nitrogens with one attached hydrogen (secondary N) is 2. The number of hydrogen-bond donors (Lipinski definition) is 3. The molecule has 1 atom stereocenters. The van der Waals surface area contributed by atoms with Crippen LogP contribution in [0, 0.1) is 5.92 Å². The summed E-state index contributed by atoms with van der Waals surface area (Å²) in [5, 5.41) is 13.5. The highest BCUT2D eigenvalue weighted by atomic mass is 32.2. The maximum absolute atomic E-state index is 12.7. The summed E-state index contributed by atoms with van der Waals surface area (Å²) in [7, 11) is 0. The number of amides is 2. The van der Waals surface area contributed by atoms with Crippen molar-refractivity contribution in [2.24, 2.45) is 5.92 Å². The van der Waals surface area contributed by atoms with Crippen LogP contribution in [0.15, 0.2) is 29.2 Å². The Morgan fingerprint density at radius 2 is 2.08 bits per heavy atom. The summed E-state index contributed by atoms with van der Waals surface area (Å²) >= 11 is 1.10. The van der Waals surface area contributed by atoms with Crippen LogP contribution in [0.3, 0.4) is 0 Å².